The second kappa shape index (κ2) is 13.6. The average Bonchev–Trinajstić information content (AvgIpc) is 2.67. The lowest BCUT2D eigenvalue weighted by Crippen LogP contribution is -2.33. The molecule has 2 aliphatic carbocycles. The van der Waals surface area contributed by atoms with Gasteiger partial charge in [-0.15, -0.1) is 24.8 Å². The number of carbonyl (C=O) groups is 2. The van der Waals surface area contributed by atoms with Gasteiger partial charge in [0, 0.05) is 6.42 Å². The van der Waals surface area contributed by atoms with Crippen molar-refractivity contribution in [1.29, 1.82) is 0 Å². The Balaban J connectivity index is 0.00000338. The van der Waals surface area contributed by atoms with Crippen LogP contribution in [0, 0.1) is 23.7 Å². The first-order chi connectivity index (χ1) is 12.1. The van der Waals surface area contributed by atoms with Crippen LogP contribution in [-0.2, 0) is 19.1 Å². The first-order valence-corrected chi connectivity index (χ1v) is 9.88. The van der Waals surface area contributed by atoms with E-state index in [4.69, 9.17) is 20.9 Å². The summed E-state index contributed by atoms with van der Waals surface area (Å²) >= 11 is 0. The molecule has 6 nitrogen and oxygen atoms in total. The molecule has 0 aromatic carbocycles. The van der Waals surface area contributed by atoms with Crippen molar-refractivity contribution in [3.63, 3.8) is 0 Å². The quantitative estimate of drug-likeness (QED) is 0.478. The molecule has 0 amide bonds. The lowest BCUT2D eigenvalue weighted by atomic mass is 9.82. The van der Waals surface area contributed by atoms with Crippen molar-refractivity contribution < 1.29 is 19.1 Å². The second-order valence-electron chi connectivity index (χ2n) is 7.62. The highest BCUT2D eigenvalue weighted by Gasteiger charge is 2.31. The van der Waals surface area contributed by atoms with Gasteiger partial charge in [-0.1, -0.05) is 6.92 Å². The number of hydrogen-bond acceptors (Lipinski definition) is 6. The lowest BCUT2D eigenvalue weighted by molar-refractivity contribution is -0.195. The zero-order valence-electron chi connectivity index (χ0n) is 16.3. The van der Waals surface area contributed by atoms with Crippen LogP contribution in [0.3, 0.4) is 0 Å². The van der Waals surface area contributed by atoms with Gasteiger partial charge in [-0.3, -0.25) is 9.59 Å². The maximum absolute atomic E-state index is 12.3. The summed E-state index contributed by atoms with van der Waals surface area (Å²) in [6, 6.07) is 0. The Morgan fingerprint density at radius 3 is 1.37 bits per heavy atom. The molecule has 2 aliphatic rings. The molecule has 0 radical (unpaired) electrons. The molecule has 4 N–H and O–H groups in total. The number of hydrogen-bond donors (Lipinski definition) is 2. The summed E-state index contributed by atoms with van der Waals surface area (Å²) in [6.45, 7) is 3.23. The van der Waals surface area contributed by atoms with Crippen molar-refractivity contribution in [3.8, 4) is 0 Å². The number of rotatable bonds is 7. The van der Waals surface area contributed by atoms with Crippen LogP contribution in [0.1, 0.15) is 64.7 Å². The Morgan fingerprint density at radius 2 is 1.11 bits per heavy atom. The van der Waals surface area contributed by atoms with E-state index in [0.717, 1.165) is 51.4 Å². The molecule has 0 aromatic heterocycles. The van der Waals surface area contributed by atoms with Crippen molar-refractivity contribution in [1.82, 2.24) is 0 Å². The number of ether oxygens (including phenoxy) is 2. The zero-order chi connectivity index (χ0) is 18.2. The first-order valence-electron chi connectivity index (χ1n) is 9.88. The van der Waals surface area contributed by atoms with E-state index in [0.29, 0.717) is 31.3 Å². The topological polar surface area (TPSA) is 105 Å². The van der Waals surface area contributed by atoms with Crippen LogP contribution in [0.4, 0.5) is 0 Å². The van der Waals surface area contributed by atoms with Crippen LogP contribution in [0.5, 0.6) is 0 Å². The molecule has 8 heteroatoms. The molecule has 0 atom stereocenters. The van der Waals surface area contributed by atoms with Gasteiger partial charge in [0.15, 0.2) is 0 Å². The van der Waals surface area contributed by atoms with Gasteiger partial charge in [-0.2, -0.15) is 0 Å². The molecule has 2 rings (SSSR count). The van der Waals surface area contributed by atoms with Crippen LogP contribution >= 0.6 is 24.8 Å². The average molecular weight is 427 g/mol. The molecular formula is C19H36Cl2N2O4. The number of esters is 2. The van der Waals surface area contributed by atoms with E-state index in [2.05, 4.69) is 0 Å². The Hall–Kier alpha value is -0.560. The van der Waals surface area contributed by atoms with E-state index in [1.54, 1.807) is 0 Å². The monoisotopic (exact) mass is 426 g/mol. The lowest BCUT2D eigenvalue weighted by Gasteiger charge is -2.29. The van der Waals surface area contributed by atoms with E-state index in [1.165, 1.54) is 0 Å². The largest absolute Gasteiger partial charge is 0.425 e. The van der Waals surface area contributed by atoms with E-state index >= 15 is 0 Å². The van der Waals surface area contributed by atoms with Crippen LogP contribution in [0.15, 0.2) is 0 Å². The van der Waals surface area contributed by atoms with Gasteiger partial charge in [0.05, 0.1) is 11.8 Å². The Bertz CT molecular complexity index is 399. The molecule has 2 fully saturated rings. The summed E-state index contributed by atoms with van der Waals surface area (Å²) in [4.78, 5) is 24.7. The van der Waals surface area contributed by atoms with E-state index in [9.17, 15) is 9.59 Å². The summed E-state index contributed by atoms with van der Waals surface area (Å²) in [6.07, 6.45) is 6.85. The summed E-state index contributed by atoms with van der Waals surface area (Å²) in [7, 11) is 0. The first kappa shape index (κ1) is 26.4. The normalized spacial score (nSPS) is 28.9. The predicted molar refractivity (Wildman–Crippen MR) is 110 cm³/mol. The fourth-order valence-electron chi connectivity index (χ4n) is 3.91. The van der Waals surface area contributed by atoms with Gasteiger partial charge < -0.3 is 20.9 Å². The standard InChI is InChI=1S/C19H34N2O4.2ClH/c1-2-17(24-18(22)15-7-3-13(11-20)4-8-15)25-19(23)16-9-5-14(12-21)6-10-16;;/h13-17H,2-12,20-21H2,1H3;2*1H. The molecule has 0 unspecified atom stereocenters. The van der Waals surface area contributed by atoms with Gasteiger partial charge in [0.1, 0.15) is 0 Å². The Labute approximate surface area is 175 Å². The fraction of sp³-hybridized carbons (Fsp3) is 0.895. The van der Waals surface area contributed by atoms with Crippen molar-refractivity contribution in [3.05, 3.63) is 0 Å². The molecule has 0 aliphatic heterocycles. The zero-order valence-corrected chi connectivity index (χ0v) is 17.9. The van der Waals surface area contributed by atoms with E-state index < -0.39 is 6.29 Å². The third-order valence-corrected chi connectivity index (χ3v) is 5.86. The highest BCUT2D eigenvalue weighted by molar-refractivity contribution is 5.85. The summed E-state index contributed by atoms with van der Waals surface area (Å²) in [5.41, 5.74) is 11.4. The van der Waals surface area contributed by atoms with Crippen molar-refractivity contribution in [2.75, 3.05) is 13.1 Å². The Morgan fingerprint density at radius 1 is 0.778 bits per heavy atom. The molecule has 0 aromatic rings. The van der Waals surface area contributed by atoms with Gasteiger partial charge >= 0.3 is 11.9 Å². The van der Waals surface area contributed by atoms with Crippen molar-refractivity contribution in [2.24, 2.45) is 35.1 Å². The number of halogens is 2. The van der Waals surface area contributed by atoms with Crippen LogP contribution in [-0.4, -0.2) is 31.3 Å². The van der Waals surface area contributed by atoms with Gasteiger partial charge in [0.2, 0.25) is 6.29 Å². The number of carbonyl (C=O) groups excluding carboxylic acids is 2. The smallest absolute Gasteiger partial charge is 0.312 e. The van der Waals surface area contributed by atoms with E-state index in [1.807, 2.05) is 6.92 Å². The molecule has 0 bridgehead atoms. The summed E-state index contributed by atoms with van der Waals surface area (Å²) in [5, 5.41) is 0. The minimum atomic E-state index is -0.764. The van der Waals surface area contributed by atoms with Gasteiger partial charge in [-0.25, -0.2) is 0 Å². The van der Waals surface area contributed by atoms with E-state index in [-0.39, 0.29) is 48.6 Å². The summed E-state index contributed by atoms with van der Waals surface area (Å²) < 4.78 is 11.0. The van der Waals surface area contributed by atoms with Crippen molar-refractivity contribution >= 4 is 36.8 Å². The molecule has 0 heterocycles. The SMILES string of the molecule is CCC(OC(=O)C1CCC(CN)CC1)OC(=O)C1CCC(CN)CC1.Cl.Cl. The highest BCUT2D eigenvalue weighted by Crippen LogP contribution is 2.31. The number of nitrogens with two attached hydrogens (primary N) is 2. The van der Waals surface area contributed by atoms with Crippen molar-refractivity contribution in [2.45, 2.75) is 71.0 Å². The van der Waals surface area contributed by atoms with Gasteiger partial charge in [0.25, 0.3) is 0 Å². The summed E-state index contributed by atoms with van der Waals surface area (Å²) in [5.74, 6) is 0.398. The molecular weight excluding hydrogens is 391 g/mol. The molecule has 0 spiro atoms. The van der Waals surface area contributed by atoms with Crippen LogP contribution < -0.4 is 11.5 Å². The highest BCUT2D eigenvalue weighted by atomic mass is 35.5. The van der Waals surface area contributed by atoms with Gasteiger partial charge in [-0.05, 0) is 76.3 Å². The molecule has 160 valence electrons. The predicted octanol–water partition coefficient (Wildman–Crippen LogP) is 3.18. The third kappa shape index (κ3) is 8.14. The minimum absolute atomic E-state index is 0. The minimum Gasteiger partial charge on any atom is -0.425 e. The third-order valence-electron chi connectivity index (χ3n) is 5.86. The molecule has 0 saturated heterocycles. The molecule has 27 heavy (non-hydrogen) atoms. The van der Waals surface area contributed by atoms with Crippen LogP contribution in [0.2, 0.25) is 0 Å². The molecule has 2 saturated carbocycles. The maximum atomic E-state index is 12.3. The fourth-order valence-corrected chi connectivity index (χ4v) is 3.91. The second-order valence-corrected chi connectivity index (χ2v) is 7.62. The Kier molecular flexibility index (Phi) is 13.3. The maximum Gasteiger partial charge on any atom is 0.312 e. The van der Waals surface area contributed by atoms with Crippen LogP contribution in [0.25, 0.3) is 0 Å².